The zero-order valence-corrected chi connectivity index (χ0v) is 13.9. The predicted octanol–water partition coefficient (Wildman–Crippen LogP) is 3.17. The van der Waals surface area contributed by atoms with Crippen molar-refractivity contribution in [1.29, 1.82) is 0 Å². The van der Waals surface area contributed by atoms with Crippen LogP contribution in [-0.4, -0.2) is 38.8 Å². The molecule has 1 aliphatic heterocycles. The summed E-state index contributed by atoms with van der Waals surface area (Å²) >= 11 is 5.81. The van der Waals surface area contributed by atoms with Gasteiger partial charge in [-0.2, -0.15) is 16.9 Å². The van der Waals surface area contributed by atoms with Gasteiger partial charge in [-0.3, -0.25) is 9.58 Å². The van der Waals surface area contributed by atoms with Gasteiger partial charge in [-0.05, 0) is 29.3 Å². The molecule has 0 saturated carbocycles. The third-order valence-corrected chi connectivity index (χ3v) is 5.44. The standard InChI is InChI=1S/C13H22BrN3S/c1-4-11-13(14)12(17(5-2)15-11)9-16-6-7-18-10(3)8-16/h10H,4-9H2,1-3H3. The minimum Gasteiger partial charge on any atom is -0.296 e. The Hall–Kier alpha value is -0.000000000000000111. The molecular formula is C13H22BrN3S. The van der Waals surface area contributed by atoms with E-state index < -0.39 is 0 Å². The maximum Gasteiger partial charge on any atom is 0.0767 e. The van der Waals surface area contributed by atoms with Crippen molar-refractivity contribution in [3.63, 3.8) is 0 Å². The molecule has 0 spiro atoms. The first-order valence-electron chi connectivity index (χ1n) is 6.73. The lowest BCUT2D eigenvalue weighted by molar-refractivity contribution is 0.269. The zero-order chi connectivity index (χ0) is 13.1. The molecule has 0 aliphatic carbocycles. The van der Waals surface area contributed by atoms with Gasteiger partial charge in [-0.25, -0.2) is 0 Å². The SMILES string of the molecule is CCc1nn(CC)c(CN2CCSC(C)C2)c1Br. The van der Waals surface area contributed by atoms with Gasteiger partial charge in [0.1, 0.15) is 0 Å². The molecule has 0 bridgehead atoms. The third kappa shape index (κ3) is 3.11. The van der Waals surface area contributed by atoms with Gasteiger partial charge in [-0.15, -0.1) is 0 Å². The second-order valence-electron chi connectivity index (χ2n) is 4.79. The predicted molar refractivity (Wildman–Crippen MR) is 82.2 cm³/mol. The van der Waals surface area contributed by atoms with Crippen molar-refractivity contribution in [3.8, 4) is 0 Å². The van der Waals surface area contributed by atoms with Gasteiger partial charge in [0.05, 0.1) is 15.9 Å². The van der Waals surface area contributed by atoms with E-state index in [2.05, 4.69) is 63.1 Å². The fraction of sp³-hybridized carbons (Fsp3) is 0.769. The molecule has 3 nitrogen and oxygen atoms in total. The lowest BCUT2D eigenvalue weighted by Gasteiger charge is -2.30. The Bertz CT molecular complexity index is 405. The highest BCUT2D eigenvalue weighted by atomic mass is 79.9. The number of halogens is 1. The summed E-state index contributed by atoms with van der Waals surface area (Å²) in [6.07, 6.45) is 0.993. The average Bonchev–Trinajstić information content (AvgIpc) is 2.66. The third-order valence-electron chi connectivity index (χ3n) is 3.39. The first kappa shape index (κ1) is 14.4. The van der Waals surface area contributed by atoms with Crippen molar-refractivity contribution in [3.05, 3.63) is 15.9 Å². The number of hydrogen-bond donors (Lipinski definition) is 0. The zero-order valence-electron chi connectivity index (χ0n) is 11.4. The summed E-state index contributed by atoms with van der Waals surface area (Å²) < 4.78 is 3.37. The van der Waals surface area contributed by atoms with Crippen LogP contribution in [0, 0.1) is 0 Å². The van der Waals surface area contributed by atoms with Gasteiger partial charge in [0, 0.05) is 37.2 Å². The highest BCUT2D eigenvalue weighted by molar-refractivity contribution is 9.10. The first-order chi connectivity index (χ1) is 8.65. The van der Waals surface area contributed by atoms with Crippen LogP contribution in [-0.2, 0) is 19.5 Å². The van der Waals surface area contributed by atoms with Crippen LogP contribution in [0.4, 0.5) is 0 Å². The van der Waals surface area contributed by atoms with E-state index in [1.54, 1.807) is 0 Å². The second kappa shape index (κ2) is 6.44. The molecule has 0 aromatic carbocycles. The number of aryl methyl sites for hydroxylation is 2. The minimum absolute atomic E-state index is 0.751. The fourth-order valence-electron chi connectivity index (χ4n) is 2.41. The molecule has 1 saturated heterocycles. The Morgan fingerprint density at radius 1 is 1.44 bits per heavy atom. The van der Waals surface area contributed by atoms with Crippen LogP contribution in [0.25, 0.3) is 0 Å². The molecule has 2 rings (SSSR count). The van der Waals surface area contributed by atoms with Crippen molar-refractivity contribution in [2.45, 2.75) is 45.5 Å². The van der Waals surface area contributed by atoms with Crippen LogP contribution in [0.15, 0.2) is 4.47 Å². The molecule has 1 aromatic heterocycles. The monoisotopic (exact) mass is 331 g/mol. The Balaban J connectivity index is 2.14. The van der Waals surface area contributed by atoms with Crippen molar-refractivity contribution in [1.82, 2.24) is 14.7 Å². The quantitative estimate of drug-likeness (QED) is 0.845. The van der Waals surface area contributed by atoms with E-state index in [1.807, 2.05) is 0 Å². The Morgan fingerprint density at radius 2 is 2.22 bits per heavy atom. The van der Waals surface area contributed by atoms with Crippen molar-refractivity contribution < 1.29 is 0 Å². The Kier molecular flexibility index (Phi) is 5.15. The lowest BCUT2D eigenvalue weighted by Crippen LogP contribution is -2.36. The molecule has 1 aliphatic rings. The smallest absolute Gasteiger partial charge is 0.0767 e. The number of nitrogens with zero attached hydrogens (tertiary/aromatic N) is 3. The molecule has 0 N–H and O–H groups in total. The molecular weight excluding hydrogens is 310 g/mol. The second-order valence-corrected chi connectivity index (χ2v) is 7.13. The summed E-state index contributed by atoms with van der Waals surface area (Å²) in [6.45, 7) is 11.0. The lowest BCUT2D eigenvalue weighted by atomic mass is 10.2. The Morgan fingerprint density at radius 3 is 2.83 bits per heavy atom. The summed E-state index contributed by atoms with van der Waals surface area (Å²) in [5.41, 5.74) is 2.53. The molecule has 18 heavy (non-hydrogen) atoms. The van der Waals surface area contributed by atoms with Gasteiger partial charge < -0.3 is 0 Å². The largest absolute Gasteiger partial charge is 0.296 e. The molecule has 5 heteroatoms. The highest BCUT2D eigenvalue weighted by Gasteiger charge is 2.21. The van der Waals surface area contributed by atoms with Crippen LogP contribution >= 0.6 is 27.7 Å². The molecule has 1 fully saturated rings. The molecule has 1 unspecified atom stereocenters. The molecule has 1 atom stereocenters. The number of rotatable bonds is 4. The van der Waals surface area contributed by atoms with Gasteiger partial charge in [-0.1, -0.05) is 13.8 Å². The molecule has 0 amide bonds. The van der Waals surface area contributed by atoms with E-state index >= 15 is 0 Å². The number of hydrogen-bond acceptors (Lipinski definition) is 3. The fourth-order valence-corrected chi connectivity index (χ4v) is 4.19. The van der Waals surface area contributed by atoms with Gasteiger partial charge >= 0.3 is 0 Å². The summed E-state index contributed by atoms with van der Waals surface area (Å²) in [4.78, 5) is 2.55. The van der Waals surface area contributed by atoms with E-state index in [4.69, 9.17) is 0 Å². The van der Waals surface area contributed by atoms with Gasteiger partial charge in [0.2, 0.25) is 0 Å². The van der Waals surface area contributed by atoms with Crippen molar-refractivity contribution >= 4 is 27.7 Å². The summed E-state index contributed by atoms with van der Waals surface area (Å²) in [7, 11) is 0. The summed E-state index contributed by atoms with van der Waals surface area (Å²) in [6, 6.07) is 0. The van der Waals surface area contributed by atoms with E-state index in [1.165, 1.54) is 34.7 Å². The van der Waals surface area contributed by atoms with Crippen molar-refractivity contribution in [2.24, 2.45) is 0 Å². The number of aromatic nitrogens is 2. The van der Waals surface area contributed by atoms with Crippen LogP contribution in [0.5, 0.6) is 0 Å². The maximum absolute atomic E-state index is 4.67. The first-order valence-corrected chi connectivity index (χ1v) is 8.57. The topological polar surface area (TPSA) is 21.1 Å². The molecule has 0 radical (unpaired) electrons. The number of thioether (sulfide) groups is 1. The average molecular weight is 332 g/mol. The van der Waals surface area contributed by atoms with Gasteiger partial charge in [0.25, 0.3) is 0 Å². The van der Waals surface area contributed by atoms with E-state index in [0.29, 0.717) is 0 Å². The summed E-state index contributed by atoms with van der Waals surface area (Å²) in [5.74, 6) is 1.25. The minimum atomic E-state index is 0.751. The van der Waals surface area contributed by atoms with E-state index in [9.17, 15) is 0 Å². The van der Waals surface area contributed by atoms with Crippen LogP contribution in [0.3, 0.4) is 0 Å². The molecule has 102 valence electrons. The van der Waals surface area contributed by atoms with Crippen LogP contribution in [0.2, 0.25) is 0 Å². The normalized spacial score (nSPS) is 21.4. The van der Waals surface area contributed by atoms with E-state index in [-0.39, 0.29) is 0 Å². The molecule has 1 aromatic rings. The summed E-state index contributed by atoms with van der Waals surface area (Å²) in [5, 5.41) is 5.42. The highest BCUT2D eigenvalue weighted by Crippen LogP contribution is 2.26. The molecule has 2 heterocycles. The van der Waals surface area contributed by atoms with Crippen LogP contribution in [0.1, 0.15) is 32.2 Å². The van der Waals surface area contributed by atoms with E-state index in [0.717, 1.165) is 24.8 Å². The van der Waals surface area contributed by atoms with Gasteiger partial charge in [0.15, 0.2) is 0 Å². The maximum atomic E-state index is 4.67. The van der Waals surface area contributed by atoms with Crippen molar-refractivity contribution in [2.75, 3.05) is 18.8 Å². The van der Waals surface area contributed by atoms with Crippen LogP contribution < -0.4 is 0 Å². The Labute approximate surface area is 122 Å².